The Hall–Kier alpha value is -2.85. The molecule has 3 aromatic rings. The second-order valence-corrected chi connectivity index (χ2v) is 11.3. The zero-order valence-corrected chi connectivity index (χ0v) is 22.5. The van der Waals surface area contributed by atoms with Crippen LogP contribution in [0.25, 0.3) is 0 Å². The number of nitrogens with one attached hydrogen (secondary N) is 3. The Balaban J connectivity index is 1.44. The first-order valence-electron chi connectivity index (χ1n) is 12.3. The van der Waals surface area contributed by atoms with E-state index in [2.05, 4.69) is 61.4 Å². The molecule has 2 aromatic carbocycles. The van der Waals surface area contributed by atoms with E-state index in [0.29, 0.717) is 22.7 Å². The Labute approximate surface area is 216 Å². The monoisotopic (exact) mass is 508 g/mol. The van der Waals surface area contributed by atoms with Crippen molar-refractivity contribution in [2.75, 3.05) is 36.9 Å². The summed E-state index contributed by atoms with van der Waals surface area (Å²) in [6.07, 6.45) is 1.79. The van der Waals surface area contributed by atoms with Crippen LogP contribution in [0, 0.1) is 6.92 Å². The van der Waals surface area contributed by atoms with Crippen molar-refractivity contribution < 1.29 is 8.95 Å². The van der Waals surface area contributed by atoms with E-state index in [9.17, 15) is 4.21 Å². The molecule has 8 nitrogen and oxygen atoms in total. The number of hydrogen-bond donors (Lipinski definition) is 3. The summed E-state index contributed by atoms with van der Waals surface area (Å²) in [5, 5.41) is 6.65. The number of aromatic nitrogens is 2. The molecule has 0 saturated carbocycles. The maximum absolute atomic E-state index is 12.7. The third-order valence-electron chi connectivity index (χ3n) is 5.92. The highest BCUT2D eigenvalue weighted by molar-refractivity contribution is 7.83. The van der Waals surface area contributed by atoms with Gasteiger partial charge in [0, 0.05) is 47.8 Å². The average molecular weight is 509 g/mol. The zero-order valence-electron chi connectivity index (χ0n) is 21.7. The van der Waals surface area contributed by atoms with Gasteiger partial charge in [-0.05, 0) is 70.5 Å². The molecule has 0 bridgehead atoms. The highest BCUT2D eigenvalue weighted by Gasteiger charge is 2.18. The summed E-state index contributed by atoms with van der Waals surface area (Å²) in [5.41, 5.74) is 3.67. The third kappa shape index (κ3) is 7.10. The molecular weight excluding hydrogens is 472 g/mol. The number of benzene rings is 2. The van der Waals surface area contributed by atoms with Gasteiger partial charge < -0.3 is 15.4 Å². The first-order chi connectivity index (χ1) is 17.2. The van der Waals surface area contributed by atoms with Crippen LogP contribution >= 0.6 is 0 Å². The van der Waals surface area contributed by atoms with Crippen LogP contribution in [0.1, 0.15) is 44.9 Å². The van der Waals surface area contributed by atoms with E-state index in [-0.39, 0.29) is 5.54 Å². The lowest BCUT2D eigenvalue weighted by molar-refractivity contribution is 0.0198. The van der Waals surface area contributed by atoms with Crippen LogP contribution in [0.15, 0.2) is 59.6 Å². The minimum atomic E-state index is -1.31. The predicted octanol–water partition coefficient (Wildman–Crippen LogP) is 5.08. The standard InChI is InChI=1S/C27H36N6O2S/c1-19-18-28-26(30-22-11-9-21(10-12-22)20(2)33-13-15-35-16-14-33)31-25(19)29-23-7-6-8-24(17-23)36(34)32-27(3,4)5/h6-12,17-18,20,32H,13-16H2,1-5H3,(H2,28,29,30,31). The van der Waals surface area contributed by atoms with Gasteiger partial charge in [0.15, 0.2) is 0 Å². The summed E-state index contributed by atoms with van der Waals surface area (Å²) >= 11 is 0. The van der Waals surface area contributed by atoms with Gasteiger partial charge >= 0.3 is 0 Å². The number of rotatable bonds is 8. The summed E-state index contributed by atoms with van der Waals surface area (Å²) in [5.74, 6) is 1.20. The molecule has 9 heteroatoms. The SMILES string of the molecule is Cc1cnc(Nc2ccc(C(C)N3CCOCC3)cc2)nc1Nc1cccc(S(=O)NC(C)(C)C)c1. The average Bonchev–Trinajstić information content (AvgIpc) is 2.86. The molecule has 1 aliphatic rings. The summed E-state index contributed by atoms with van der Waals surface area (Å²) < 4.78 is 21.3. The molecule has 0 aliphatic carbocycles. The molecule has 0 amide bonds. The lowest BCUT2D eigenvalue weighted by Crippen LogP contribution is -2.37. The number of ether oxygens (including phenoxy) is 1. The maximum Gasteiger partial charge on any atom is 0.229 e. The Kier molecular flexibility index (Phi) is 8.35. The minimum absolute atomic E-state index is 0.253. The molecule has 0 spiro atoms. The van der Waals surface area contributed by atoms with E-state index >= 15 is 0 Å². The quantitative estimate of drug-likeness (QED) is 0.391. The first kappa shape index (κ1) is 26.2. The van der Waals surface area contributed by atoms with Gasteiger partial charge in [0.05, 0.1) is 18.1 Å². The largest absolute Gasteiger partial charge is 0.379 e. The fourth-order valence-electron chi connectivity index (χ4n) is 3.94. The molecule has 1 saturated heterocycles. The van der Waals surface area contributed by atoms with Gasteiger partial charge in [-0.3, -0.25) is 4.90 Å². The number of morpholine rings is 1. The van der Waals surface area contributed by atoms with Crippen LogP contribution in [0.3, 0.4) is 0 Å². The molecular formula is C27H36N6O2S. The van der Waals surface area contributed by atoms with Gasteiger partial charge in [0.25, 0.3) is 0 Å². The van der Waals surface area contributed by atoms with Crippen LogP contribution < -0.4 is 15.4 Å². The Morgan fingerprint density at radius 1 is 1.03 bits per heavy atom. The second kappa shape index (κ2) is 11.5. The van der Waals surface area contributed by atoms with Crippen LogP contribution in [0.5, 0.6) is 0 Å². The summed E-state index contributed by atoms with van der Waals surface area (Å²) in [6, 6.07) is 16.3. The second-order valence-electron chi connectivity index (χ2n) is 10.1. The highest BCUT2D eigenvalue weighted by atomic mass is 32.2. The molecule has 2 unspecified atom stereocenters. The summed E-state index contributed by atoms with van der Waals surface area (Å²) in [7, 11) is -1.31. The molecule has 2 atom stereocenters. The van der Waals surface area contributed by atoms with Crippen LogP contribution in [0.2, 0.25) is 0 Å². The Bertz CT molecular complexity index is 1190. The molecule has 36 heavy (non-hydrogen) atoms. The van der Waals surface area contributed by atoms with Gasteiger partial charge in [0.2, 0.25) is 5.95 Å². The van der Waals surface area contributed by atoms with E-state index in [1.807, 2.05) is 52.0 Å². The molecule has 2 heterocycles. The smallest absolute Gasteiger partial charge is 0.229 e. The molecule has 1 fully saturated rings. The molecule has 192 valence electrons. The molecule has 0 radical (unpaired) electrons. The Morgan fingerprint density at radius 2 is 1.75 bits per heavy atom. The van der Waals surface area contributed by atoms with Crippen molar-refractivity contribution in [3.05, 3.63) is 65.9 Å². The van der Waals surface area contributed by atoms with Crippen LogP contribution in [-0.2, 0) is 15.7 Å². The topological polar surface area (TPSA) is 91.4 Å². The highest BCUT2D eigenvalue weighted by Crippen LogP contribution is 2.25. The van der Waals surface area contributed by atoms with Gasteiger partial charge in [-0.25, -0.2) is 13.9 Å². The number of aryl methyl sites for hydroxylation is 1. The maximum atomic E-state index is 12.7. The number of hydrogen-bond acceptors (Lipinski definition) is 7. The van der Waals surface area contributed by atoms with Gasteiger partial charge in [-0.15, -0.1) is 0 Å². The van der Waals surface area contributed by atoms with Crippen molar-refractivity contribution in [3.63, 3.8) is 0 Å². The number of nitrogens with zero attached hydrogens (tertiary/aromatic N) is 3. The first-order valence-corrected chi connectivity index (χ1v) is 13.4. The molecule has 1 aromatic heterocycles. The van der Waals surface area contributed by atoms with E-state index in [0.717, 1.165) is 43.2 Å². The van der Waals surface area contributed by atoms with Gasteiger partial charge in [-0.2, -0.15) is 4.98 Å². The fourth-order valence-corrected chi connectivity index (χ4v) is 5.05. The Morgan fingerprint density at radius 3 is 2.44 bits per heavy atom. The van der Waals surface area contributed by atoms with E-state index in [1.165, 1.54) is 5.56 Å². The molecule has 1 aliphatic heterocycles. The van der Waals surface area contributed by atoms with Crippen molar-refractivity contribution >= 4 is 34.1 Å². The number of anilines is 4. The van der Waals surface area contributed by atoms with E-state index in [4.69, 9.17) is 4.74 Å². The van der Waals surface area contributed by atoms with Crippen LogP contribution in [0.4, 0.5) is 23.1 Å². The van der Waals surface area contributed by atoms with E-state index in [1.54, 1.807) is 6.20 Å². The zero-order chi connectivity index (χ0) is 25.7. The van der Waals surface area contributed by atoms with Crippen molar-refractivity contribution in [3.8, 4) is 0 Å². The lowest BCUT2D eigenvalue weighted by atomic mass is 10.1. The third-order valence-corrected chi connectivity index (χ3v) is 7.40. The van der Waals surface area contributed by atoms with Crippen molar-refractivity contribution in [1.82, 2.24) is 19.6 Å². The fraction of sp³-hybridized carbons (Fsp3) is 0.407. The summed E-state index contributed by atoms with van der Waals surface area (Å²) in [4.78, 5) is 12.3. The molecule has 4 rings (SSSR count). The van der Waals surface area contributed by atoms with Gasteiger partial charge in [-0.1, -0.05) is 18.2 Å². The lowest BCUT2D eigenvalue weighted by Gasteiger charge is -2.32. The van der Waals surface area contributed by atoms with Crippen molar-refractivity contribution in [2.45, 2.75) is 51.1 Å². The van der Waals surface area contributed by atoms with E-state index < -0.39 is 11.0 Å². The predicted molar refractivity (Wildman–Crippen MR) is 146 cm³/mol. The summed E-state index contributed by atoms with van der Waals surface area (Å²) in [6.45, 7) is 13.7. The normalized spacial score (nSPS) is 16.4. The molecule has 3 N–H and O–H groups in total. The van der Waals surface area contributed by atoms with Crippen molar-refractivity contribution in [1.29, 1.82) is 0 Å². The van der Waals surface area contributed by atoms with Crippen molar-refractivity contribution in [2.24, 2.45) is 0 Å². The minimum Gasteiger partial charge on any atom is -0.379 e. The van der Waals surface area contributed by atoms with Gasteiger partial charge in [0.1, 0.15) is 16.8 Å². The van der Waals surface area contributed by atoms with Crippen LogP contribution in [-0.4, -0.2) is 50.9 Å².